The van der Waals surface area contributed by atoms with Gasteiger partial charge in [-0.3, -0.25) is 14.5 Å². The molecule has 1 aromatic carbocycles. The van der Waals surface area contributed by atoms with E-state index in [2.05, 4.69) is 5.32 Å². The molecule has 0 spiro atoms. The van der Waals surface area contributed by atoms with Crippen LogP contribution < -0.4 is 5.32 Å². The van der Waals surface area contributed by atoms with Gasteiger partial charge in [-0.25, -0.2) is 0 Å². The summed E-state index contributed by atoms with van der Waals surface area (Å²) in [5, 5.41) is 3.21. The molecule has 1 atom stereocenters. The Morgan fingerprint density at radius 2 is 1.71 bits per heavy atom. The van der Waals surface area contributed by atoms with Gasteiger partial charge in [0.2, 0.25) is 5.91 Å². The topological polar surface area (TPSA) is 49.4 Å². The van der Waals surface area contributed by atoms with Crippen molar-refractivity contribution in [1.82, 2.24) is 4.90 Å². The fourth-order valence-corrected chi connectivity index (χ4v) is 3.34. The fraction of sp³-hybridized carbons (Fsp3) is 0.529. The average molecular weight is 286 g/mol. The number of carbonyl (C=O) groups is 2. The van der Waals surface area contributed by atoms with Gasteiger partial charge in [-0.1, -0.05) is 37.0 Å². The van der Waals surface area contributed by atoms with E-state index in [9.17, 15) is 9.59 Å². The number of amides is 2. The van der Waals surface area contributed by atoms with Crippen LogP contribution >= 0.6 is 0 Å². The maximum Gasteiger partial charge on any atom is 0.252 e. The van der Waals surface area contributed by atoms with Gasteiger partial charge in [-0.2, -0.15) is 0 Å². The van der Waals surface area contributed by atoms with Crippen LogP contribution in [0, 0.1) is 6.92 Å². The van der Waals surface area contributed by atoms with E-state index in [-0.39, 0.29) is 24.3 Å². The fourth-order valence-electron chi connectivity index (χ4n) is 3.34. The van der Waals surface area contributed by atoms with Crippen LogP contribution in [0.5, 0.6) is 0 Å². The molecule has 1 aliphatic carbocycles. The van der Waals surface area contributed by atoms with E-state index >= 15 is 0 Å². The van der Waals surface area contributed by atoms with E-state index in [1.807, 2.05) is 31.2 Å². The number of hydrogen-bond acceptors (Lipinski definition) is 3. The SMILES string of the molecule is Cc1ccc(N[C@H]2CC(=O)N(C3CCCCC3)C2=O)cc1. The third-order valence-electron chi connectivity index (χ3n) is 4.52. The molecule has 1 heterocycles. The van der Waals surface area contributed by atoms with Crippen molar-refractivity contribution in [3.8, 4) is 0 Å². The molecule has 0 radical (unpaired) electrons. The number of anilines is 1. The van der Waals surface area contributed by atoms with Crippen LogP contribution in [0.2, 0.25) is 0 Å². The molecule has 0 aromatic heterocycles. The van der Waals surface area contributed by atoms with Crippen molar-refractivity contribution in [1.29, 1.82) is 0 Å². The van der Waals surface area contributed by atoms with Crippen LogP contribution in [0.1, 0.15) is 44.1 Å². The third-order valence-corrected chi connectivity index (χ3v) is 4.52. The zero-order valence-electron chi connectivity index (χ0n) is 12.5. The van der Waals surface area contributed by atoms with E-state index in [0.717, 1.165) is 31.4 Å². The first kappa shape index (κ1) is 14.1. The lowest BCUT2D eigenvalue weighted by molar-refractivity contribution is -0.141. The number of aryl methyl sites for hydroxylation is 1. The first-order valence-electron chi connectivity index (χ1n) is 7.84. The Hall–Kier alpha value is -1.84. The van der Waals surface area contributed by atoms with E-state index in [4.69, 9.17) is 0 Å². The van der Waals surface area contributed by atoms with Crippen LogP contribution in [0.15, 0.2) is 24.3 Å². The number of imide groups is 1. The molecule has 21 heavy (non-hydrogen) atoms. The summed E-state index contributed by atoms with van der Waals surface area (Å²) >= 11 is 0. The summed E-state index contributed by atoms with van der Waals surface area (Å²) < 4.78 is 0. The normalized spacial score (nSPS) is 23.7. The summed E-state index contributed by atoms with van der Waals surface area (Å²) in [6.07, 6.45) is 5.68. The first-order valence-corrected chi connectivity index (χ1v) is 7.84. The second kappa shape index (κ2) is 5.88. The summed E-state index contributed by atoms with van der Waals surface area (Å²) in [5.74, 6) is -0.0658. The second-order valence-corrected chi connectivity index (χ2v) is 6.16. The summed E-state index contributed by atoms with van der Waals surface area (Å²) in [5.41, 5.74) is 2.08. The smallest absolute Gasteiger partial charge is 0.252 e. The van der Waals surface area contributed by atoms with Crippen molar-refractivity contribution in [2.45, 2.75) is 57.5 Å². The van der Waals surface area contributed by atoms with Crippen molar-refractivity contribution in [3.63, 3.8) is 0 Å². The average Bonchev–Trinajstić information content (AvgIpc) is 2.77. The molecule has 2 amide bonds. The van der Waals surface area contributed by atoms with Crippen molar-refractivity contribution >= 4 is 17.5 Å². The Bertz CT molecular complexity index is 532. The lowest BCUT2D eigenvalue weighted by atomic mass is 9.94. The quantitative estimate of drug-likeness (QED) is 0.869. The molecule has 2 aliphatic rings. The van der Waals surface area contributed by atoms with E-state index in [1.165, 1.54) is 16.9 Å². The number of nitrogens with one attached hydrogen (secondary N) is 1. The zero-order valence-corrected chi connectivity index (χ0v) is 12.5. The summed E-state index contributed by atoms with van der Waals surface area (Å²) in [6, 6.07) is 7.64. The third kappa shape index (κ3) is 2.94. The van der Waals surface area contributed by atoms with Crippen LogP contribution in [-0.2, 0) is 9.59 Å². The summed E-state index contributed by atoms with van der Waals surface area (Å²) in [4.78, 5) is 26.3. The Labute approximate surface area is 125 Å². The highest BCUT2D eigenvalue weighted by molar-refractivity contribution is 6.07. The zero-order chi connectivity index (χ0) is 14.8. The summed E-state index contributed by atoms with van der Waals surface area (Å²) in [7, 11) is 0. The highest BCUT2D eigenvalue weighted by Crippen LogP contribution is 2.28. The molecule has 4 heteroatoms. The Kier molecular flexibility index (Phi) is 3.95. The number of carbonyl (C=O) groups excluding carboxylic acids is 2. The number of likely N-dealkylation sites (tertiary alicyclic amines) is 1. The number of benzene rings is 1. The van der Waals surface area contributed by atoms with Crippen molar-refractivity contribution in [2.75, 3.05) is 5.32 Å². The van der Waals surface area contributed by atoms with Gasteiger partial charge in [0.25, 0.3) is 5.91 Å². The lowest BCUT2D eigenvalue weighted by Crippen LogP contribution is -2.43. The minimum Gasteiger partial charge on any atom is -0.373 e. The molecule has 1 N–H and O–H groups in total. The molecule has 1 saturated heterocycles. The Balaban J connectivity index is 1.69. The van der Waals surface area contributed by atoms with Gasteiger partial charge in [0.1, 0.15) is 6.04 Å². The van der Waals surface area contributed by atoms with Crippen molar-refractivity contribution < 1.29 is 9.59 Å². The van der Waals surface area contributed by atoms with Crippen LogP contribution in [-0.4, -0.2) is 28.8 Å². The lowest BCUT2D eigenvalue weighted by Gasteiger charge is -2.29. The van der Waals surface area contributed by atoms with Gasteiger partial charge in [0, 0.05) is 11.7 Å². The standard InChI is InChI=1S/C17H22N2O2/c1-12-7-9-13(10-8-12)18-15-11-16(20)19(17(15)21)14-5-3-2-4-6-14/h7-10,14-15,18H,2-6,11H2,1H3/t15-/m0/s1. The minimum absolute atomic E-state index is 0.0171. The molecule has 0 unspecified atom stereocenters. The molecular weight excluding hydrogens is 264 g/mol. The molecule has 1 aliphatic heterocycles. The van der Waals surface area contributed by atoms with Gasteiger partial charge < -0.3 is 5.32 Å². The highest BCUT2D eigenvalue weighted by atomic mass is 16.2. The minimum atomic E-state index is -0.401. The molecule has 0 bridgehead atoms. The van der Waals surface area contributed by atoms with Crippen molar-refractivity contribution in [3.05, 3.63) is 29.8 Å². The molecule has 1 saturated carbocycles. The Morgan fingerprint density at radius 3 is 2.38 bits per heavy atom. The highest BCUT2D eigenvalue weighted by Gasteiger charge is 2.42. The van der Waals surface area contributed by atoms with E-state index in [0.29, 0.717) is 0 Å². The van der Waals surface area contributed by atoms with E-state index < -0.39 is 6.04 Å². The first-order chi connectivity index (χ1) is 10.1. The molecular formula is C17H22N2O2. The van der Waals surface area contributed by atoms with Gasteiger partial charge in [0.05, 0.1) is 6.42 Å². The molecule has 2 fully saturated rings. The van der Waals surface area contributed by atoms with Crippen LogP contribution in [0.3, 0.4) is 0 Å². The monoisotopic (exact) mass is 286 g/mol. The number of hydrogen-bond donors (Lipinski definition) is 1. The molecule has 3 rings (SSSR count). The predicted octanol–water partition coefficient (Wildman–Crippen LogP) is 2.87. The Morgan fingerprint density at radius 1 is 1.05 bits per heavy atom. The number of rotatable bonds is 3. The van der Waals surface area contributed by atoms with Gasteiger partial charge in [0.15, 0.2) is 0 Å². The largest absolute Gasteiger partial charge is 0.373 e. The summed E-state index contributed by atoms with van der Waals surface area (Å²) in [6.45, 7) is 2.03. The van der Waals surface area contributed by atoms with Gasteiger partial charge in [-0.15, -0.1) is 0 Å². The molecule has 1 aromatic rings. The molecule has 4 nitrogen and oxygen atoms in total. The molecule has 112 valence electrons. The number of nitrogens with zero attached hydrogens (tertiary/aromatic N) is 1. The second-order valence-electron chi connectivity index (χ2n) is 6.16. The predicted molar refractivity (Wildman–Crippen MR) is 81.9 cm³/mol. The maximum atomic E-state index is 12.5. The van der Waals surface area contributed by atoms with Crippen molar-refractivity contribution in [2.24, 2.45) is 0 Å². The van der Waals surface area contributed by atoms with Crippen LogP contribution in [0.4, 0.5) is 5.69 Å². The van der Waals surface area contributed by atoms with Crippen LogP contribution in [0.25, 0.3) is 0 Å². The maximum absolute atomic E-state index is 12.5. The van der Waals surface area contributed by atoms with Gasteiger partial charge in [-0.05, 0) is 31.9 Å². The van der Waals surface area contributed by atoms with Gasteiger partial charge >= 0.3 is 0 Å². The van der Waals surface area contributed by atoms with E-state index in [1.54, 1.807) is 0 Å².